The molecule has 1 heterocycles. The van der Waals surface area contributed by atoms with E-state index in [4.69, 9.17) is 5.11 Å². The molecule has 0 bridgehead atoms. The summed E-state index contributed by atoms with van der Waals surface area (Å²) in [6.07, 6.45) is 1.10. The van der Waals surface area contributed by atoms with Gasteiger partial charge in [0, 0.05) is 13.1 Å². The van der Waals surface area contributed by atoms with Crippen LogP contribution in [0.2, 0.25) is 0 Å². The van der Waals surface area contributed by atoms with E-state index in [0.29, 0.717) is 11.6 Å². The van der Waals surface area contributed by atoms with Gasteiger partial charge >= 0.3 is 5.97 Å². The first kappa shape index (κ1) is 10.9. The molecule has 0 atom stereocenters. The third-order valence-electron chi connectivity index (χ3n) is 3.06. The topological polar surface area (TPSA) is 40.5 Å². The number of carboxylic acid groups (broad SMARTS) is 1. The van der Waals surface area contributed by atoms with E-state index in [9.17, 15) is 9.18 Å². The quantitative estimate of drug-likeness (QED) is 0.855. The average Bonchev–Trinajstić information content (AvgIpc) is 2.18. The summed E-state index contributed by atoms with van der Waals surface area (Å²) < 4.78 is 13.0. The fraction of sp³-hybridized carbons (Fsp3) is 0.417. The smallest absolute Gasteiger partial charge is 0.337 e. The standard InChI is InChI=1S/C12H14FNO2/c1-2-8-6-14(7-8)11-4-3-9(13)5-10(11)12(15)16/h3-5,8H,2,6-7H2,1H3,(H,15,16). The maximum absolute atomic E-state index is 13.0. The number of hydrogen-bond donors (Lipinski definition) is 1. The number of anilines is 1. The molecule has 0 saturated carbocycles. The van der Waals surface area contributed by atoms with Gasteiger partial charge < -0.3 is 10.0 Å². The molecule has 0 unspecified atom stereocenters. The Morgan fingerprint density at radius 1 is 1.56 bits per heavy atom. The zero-order chi connectivity index (χ0) is 11.7. The minimum absolute atomic E-state index is 0.0505. The monoisotopic (exact) mass is 223 g/mol. The van der Waals surface area contributed by atoms with E-state index in [-0.39, 0.29) is 5.56 Å². The van der Waals surface area contributed by atoms with Crippen LogP contribution in [0.15, 0.2) is 18.2 Å². The molecule has 0 aliphatic carbocycles. The maximum atomic E-state index is 13.0. The number of halogens is 1. The second-order valence-electron chi connectivity index (χ2n) is 4.15. The van der Waals surface area contributed by atoms with Crippen molar-refractivity contribution in [3.05, 3.63) is 29.6 Å². The molecule has 1 aromatic rings. The van der Waals surface area contributed by atoms with Crippen LogP contribution in [0.25, 0.3) is 0 Å². The Balaban J connectivity index is 2.24. The Morgan fingerprint density at radius 2 is 2.25 bits per heavy atom. The van der Waals surface area contributed by atoms with Crippen LogP contribution in [0.1, 0.15) is 23.7 Å². The molecule has 1 aliphatic rings. The van der Waals surface area contributed by atoms with Crippen molar-refractivity contribution in [2.45, 2.75) is 13.3 Å². The van der Waals surface area contributed by atoms with Crippen LogP contribution in [0.3, 0.4) is 0 Å². The van der Waals surface area contributed by atoms with Gasteiger partial charge in [-0.3, -0.25) is 0 Å². The first-order chi connectivity index (χ1) is 7.61. The van der Waals surface area contributed by atoms with Crippen LogP contribution >= 0.6 is 0 Å². The predicted octanol–water partition coefficient (Wildman–Crippen LogP) is 2.37. The number of benzene rings is 1. The van der Waals surface area contributed by atoms with Crippen molar-refractivity contribution in [1.29, 1.82) is 0 Å². The summed E-state index contributed by atoms with van der Waals surface area (Å²) in [5, 5.41) is 8.99. The zero-order valence-corrected chi connectivity index (χ0v) is 9.11. The molecule has 1 saturated heterocycles. The highest BCUT2D eigenvalue weighted by atomic mass is 19.1. The Labute approximate surface area is 93.5 Å². The highest BCUT2D eigenvalue weighted by Crippen LogP contribution is 2.29. The van der Waals surface area contributed by atoms with E-state index in [1.165, 1.54) is 6.07 Å². The second kappa shape index (κ2) is 4.12. The SMILES string of the molecule is CCC1CN(c2ccc(F)cc2C(=O)O)C1. The Hall–Kier alpha value is -1.58. The lowest BCUT2D eigenvalue weighted by atomic mass is 9.95. The molecule has 4 heteroatoms. The number of aromatic carboxylic acids is 1. The van der Waals surface area contributed by atoms with Gasteiger partial charge in [0.15, 0.2) is 0 Å². The third kappa shape index (κ3) is 1.87. The van der Waals surface area contributed by atoms with E-state index in [2.05, 4.69) is 6.92 Å². The van der Waals surface area contributed by atoms with Gasteiger partial charge in [-0.25, -0.2) is 9.18 Å². The summed E-state index contributed by atoms with van der Waals surface area (Å²) in [4.78, 5) is 13.0. The Bertz CT molecular complexity index is 413. The molecule has 86 valence electrons. The minimum Gasteiger partial charge on any atom is -0.478 e. The lowest BCUT2D eigenvalue weighted by Crippen LogP contribution is -2.47. The van der Waals surface area contributed by atoms with Gasteiger partial charge in [0.2, 0.25) is 0 Å². The predicted molar refractivity (Wildman–Crippen MR) is 59.4 cm³/mol. The zero-order valence-electron chi connectivity index (χ0n) is 9.11. The van der Waals surface area contributed by atoms with Crippen molar-refractivity contribution < 1.29 is 14.3 Å². The van der Waals surface area contributed by atoms with Gasteiger partial charge in [0.05, 0.1) is 11.3 Å². The van der Waals surface area contributed by atoms with Gasteiger partial charge in [-0.15, -0.1) is 0 Å². The first-order valence-corrected chi connectivity index (χ1v) is 5.39. The van der Waals surface area contributed by atoms with Crippen molar-refractivity contribution in [3.63, 3.8) is 0 Å². The van der Waals surface area contributed by atoms with Crippen LogP contribution < -0.4 is 4.90 Å². The molecule has 3 nitrogen and oxygen atoms in total. The van der Waals surface area contributed by atoms with Gasteiger partial charge in [0.25, 0.3) is 0 Å². The molecular formula is C12H14FNO2. The molecule has 1 N–H and O–H groups in total. The largest absolute Gasteiger partial charge is 0.478 e. The number of carboxylic acids is 1. The van der Waals surface area contributed by atoms with E-state index in [0.717, 1.165) is 25.6 Å². The highest BCUT2D eigenvalue weighted by molar-refractivity contribution is 5.94. The van der Waals surface area contributed by atoms with Crippen LogP contribution in [-0.2, 0) is 0 Å². The molecule has 1 aliphatic heterocycles. The number of nitrogens with zero attached hydrogens (tertiary/aromatic N) is 1. The normalized spacial score (nSPS) is 16.0. The summed E-state index contributed by atoms with van der Waals surface area (Å²) in [6.45, 7) is 3.84. The lowest BCUT2D eigenvalue weighted by Gasteiger charge is -2.41. The summed E-state index contributed by atoms with van der Waals surface area (Å²) in [5.41, 5.74) is 0.674. The molecule has 0 aromatic heterocycles. The van der Waals surface area contributed by atoms with Crippen molar-refractivity contribution in [3.8, 4) is 0 Å². The molecular weight excluding hydrogens is 209 g/mol. The fourth-order valence-corrected chi connectivity index (χ4v) is 1.98. The summed E-state index contributed by atoms with van der Waals surface area (Å²) in [5.74, 6) is -0.949. The van der Waals surface area contributed by atoms with Crippen LogP contribution in [-0.4, -0.2) is 24.2 Å². The minimum atomic E-state index is -1.07. The molecule has 0 radical (unpaired) electrons. The van der Waals surface area contributed by atoms with Gasteiger partial charge in [-0.1, -0.05) is 6.92 Å². The molecule has 2 rings (SSSR count). The van der Waals surface area contributed by atoms with Crippen LogP contribution in [0.5, 0.6) is 0 Å². The third-order valence-corrected chi connectivity index (χ3v) is 3.06. The Kier molecular flexibility index (Phi) is 2.81. The van der Waals surface area contributed by atoms with Gasteiger partial charge in [-0.2, -0.15) is 0 Å². The molecule has 1 aromatic carbocycles. The average molecular weight is 223 g/mol. The van der Waals surface area contributed by atoms with Crippen LogP contribution in [0.4, 0.5) is 10.1 Å². The number of carbonyl (C=O) groups is 1. The van der Waals surface area contributed by atoms with E-state index in [1.54, 1.807) is 6.07 Å². The second-order valence-corrected chi connectivity index (χ2v) is 4.15. The highest BCUT2D eigenvalue weighted by Gasteiger charge is 2.28. The molecule has 1 fully saturated rings. The van der Waals surface area contributed by atoms with Crippen molar-refractivity contribution in [2.75, 3.05) is 18.0 Å². The molecule has 0 amide bonds. The van der Waals surface area contributed by atoms with Gasteiger partial charge in [-0.05, 0) is 30.5 Å². The van der Waals surface area contributed by atoms with E-state index < -0.39 is 11.8 Å². The van der Waals surface area contributed by atoms with E-state index >= 15 is 0 Å². The molecule has 0 spiro atoms. The van der Waals surface area contributed by atoms with E-state index in [1.807, 2.05) is 4.90 Å². The van der Waals surface area contributed by atoms with Gasteiger partial charge in [0.1, 0.15) is 5.82 Å². The Morgan fingerprint density at radius 3 is 2.81 bits per heavy atom. The summed E-state index contributed by atoms with van der Waals surface area (Å²) in [6, 6.07) is 3.93. The van der Waals surface area contributed by atoms with Crippen molar-refractivity contribution >= 4 is 11.7 Å². The fourth-order valence-electron chi connectivity index (χ4n) is 1.98. The maximum Gasteiger partial charge on any atom is 0.337 e. The summed E-state index contributed by atoms with van der Waals surface area (Å²) >= 11 is 0. The summed E-state index contributed by atoms with van der Waals surface area (Å²) in [7, 11) is 0. The van der Waals surface area contributed by atoms with Crippen molar-refractivity contribution in [2.24, 2.45) is 5.92 Å². The number of rotatable bonds is 3. The lowest BCUT2D eigenvalue weighted by molar-refractivity contribution is 0.0696. The number of hydrogen-bond acceptors (Lipinski definition) is 2. The molecule has 16 heavy (non-hydrogen) atoms. The first-order valence-electron chi connectivity index (χ1n) is 5.39. The van der Waals surface area contributed by atoms with Crippen LogP contribution in [0, 0.1) is 11.7 Å². The van der Waals surface area contributed by atoms with Crippen molar-refractivity contribution in [1.82, 2.24) is 0 Å².